The molecule has 0 spiro atoms. The largest absolute Gasteiger partial charge is 0.391 e. The van der Waals surface area contributed by atoms with Gasteiger partial charge in [0, 0.05) is 0 Å². The summed E-state index contributed by atoms with van der Waals surface area (Å²) in [5, 5.41) is 29.9. The van der Waals surface area contributed by atoms with Crippen molar-refractivity contribution in [1.29, 1.82) is 0 Å². The van der Waals surface area contributed by atoms with Crippen molar-refractivity contribution in [3.8, 4) is 0 Å². The number of aromatic nitrogens is 2. The molecule has 0 saturated carbocycles. The number of hydrogen-bond donors (Lipinski definition) is 5. The minimum absolute atomic E-state index is 0.0631. The highest BCUT2D eigenvalue weighted by molar-refractivity contribution is 5.68. The van der Waals surface area contributed by atoms with Gasteiger partial charge in [0.1, 0.15) is 0 Å². The van der Waals surface area contributed by atoms with Crippen molar-refractivity contribution in [2.45, 2.75) is 0 Å². The molecule has 0 unspecified atom stereocenters. The summed E-state index contributed by atoms with van der Waals surface area (Å²) < 4.78 is 0. The van der Waals surface area contributed by atoms with Gasteiger partial charge in [0.2, 0.25) is 11.6 Å². The Morgan fingerprint density at radius 2 is 2.38 bits per heavy atom. The first-order valence-electron chi connectivity index (χ1n) is 4.81. The number of nitrogens with one attached hydrogen (secondary N) is 2. The van der Waals surface area contributed by atoms with Gasteiger partial charge in [-0.05, 0) is 0 Å². The molecule has 0 amide bonds. The van der Waals surface area contributed by atoms with Crippen LogP contribution in [-0.2, 0) is 0 Å². The predicted octanol–water partition coefficient (Wildman–Crippen LogP) is -2.13. The van der Waals surface area contributed by atoms with Crippen molar-refractivity contribution in [2.75, 3.05) is 37.3 Å². The zero-order valence-electron chi connectivity index (χ0n) is 8.64. The van der Waals surface area contributed by atoms with Crippen LogP contribution in [-0.4, -0.2) is 46.5 Å². The van der Waals surface area contributed by atoms with E-state index in [9.17, 15) is 10.1 Å². The van der Waals surface area contributed by atoms with Crippen molar-refractivity contribution >= 4 is 17.3 Å². The Bertz CT molecular complexity index is 352. The van der Waals surface area contributed by atoms with Crippen LogP contribution in [0.25, 0.3) is 0 Å². The summed E-state index contributed by atoms with van der Waals surface area (Å²) >= 11 is 0. The third kappa shape index (κ3) is 3.07. The van der Waals surface area contributed by atoms with E-state index in [1.54, 1.807) is 0 Å². The van der Waals surface area contributed by atoms with Crippen LogP contribution >= 0.6 is 0 Å². The Morgan fingerprint density at radius 3 is 3.00 bits per heavy atom. The number of aromatic amines is 1. The molecule has 0 bridgehead atoms. The number of rotatable bonds is 7. The zero-order chi connectivity index (χ0) is 12.0. The van der Waals surface area contributed by atoms with Crippen LogP contribution in [0.1, 0.15) is 0 Å². The first kappa shape index (κ1) is 12.2. The maximum Gasteiger partial charge on any atom is 0.354 e. The van der Waals surface area contributed by atoms with E-state index in [1.165, 1.54) is 0 Å². The van der Waals surface area contributed by atoms with Gasteiger partial charge in [0.15, 0.2) is 0 Å². The number of nitrogens with zero attached hydrogens (tertiary/aromatic N) is 2. The van der Waals surface area contributed by atoms with E-state index in [0.29, 0.717) is 19.6 Å². The van der Waals surface area contributed by atoms with Gasteiger partial charge in [0.05, 0.1) is 31.2 Å². The van der Waals surface area contributed by atoms with Crippen molar-refractivity contribution in [2.24, 2.45) is 0 Å². The van der Waals surface area contributed by atoms with Crippen LogP contribution < -0.4 is 16.4 Å². The summed E-state index contributed by atoms with van der Waals surface area (Å²) in [7, 11) is 0. The molecule has 9 nitrogen and oxygen atoms in total. The number of aliphatic hydroxyl groups is 1. The van der Waals surface area contributed by atoms with E-state index in [-0.39, 0.29) is 23.9 Å². The summed E-state index contributed by atoms with van der Waals surface area (Å²) in [6.45, 7) is 1.90. The maximum absolute atomic E-state index is 10.6. The molecule has 1 aromatic rings. The molecule has 1 aromatic heterocycles. The SMILES string of the molecule is Nc1[nH]nc(NCC[NH2+]CCO)c1[N+](=O)[O-]. The van der Waals surface area contributed by atoms with Crippen LogP contribution in [0.15, 0.2) is 0 Å². The fourth-order valence-corrected chi connectivity index (χ4v) is 1.19. The molecule has 0 atom stereocenters. The summed E-state index contributed by atoms with van der Waals surface area (Å²) in [5.41, 5.74) is 5.12. The second kappa shape index (κ2) is 5.88. The monoisotopic (exact) mass is 231 g/mol. The van der Waals surface area contributed by atoms with E-state index in [0.717, 1.165) is 0 Å². The quantitative estimate of drug-likeness (QED) is 0.206. The molecule has 90 valence electrons. The predicted molar refractivity (Wildman–Crippen MR) is 56.9 cm³/mol. The third-order valence-electron chi connectivity index (χ3n) is 1.92. The van der Waals surface area contributed by atoms with Gasteiger partial charge in [-0.1, -0.05) is 0 Å². The lowest BCUT2D eigenvalue weighted by atomic mass is 10.4. The highest BCUT2D eigenvalue weighted by Crippen LogP contribution is 2.26. The molecular formula is C7H15N6O3+. The first-order valence-corrected chi connectivity index (χ1v) is 4.81. The molecule has 1 heterocycles. The molecule has 0 radical (unpaired) electrons. The molecule has 1 rings (SSSR count). The normalized spacial score (nSPS) is 10.3. The molecule has 0 aliphatic carbocycles. The smallest absolute Gasteiger partial charge is 0.354 e. The lowest BCUT2D eigenvalue weighted by molar-refractivity contribution is -0.653. The van der Waals surface area contributed by atoms with E-state index >= 15 is 0 Å². The van der Waals surface area contributed by atoms with Crippen molar-refractivity contribution < 1.29 is 15.3 Å². The van der Waals surface area contributed by atoms with Gasteiger partial charge in [-0.15, -0.1) is 5.10 Å². The number of nitro groups is 1. The summed E-state index contributed by atoms with van der Waals surface area (Å²) in [6, 6.07) is 0. The van der Waals surface area contributed by atoms with Gasteiger partial charge in [0.25, 0.3) is 0 Å². The van der Waals surface area contributed by atoms with Gasteiger partial charge < -0.3 is 21.5 Å². The molecule has 16 heavy (non-hydrogen) atoms. The molecule has 7 N–H and O–H groups in total. The van der Waals surface area contributed by atoms with Gasteiger partial charge in [-0.3, -0.25) is 15.2 Å². The summed E-state index contributed by atoms with van der Waals surface area (Å²) in [6.07, 6.45) is 0. The van der Waals surface area contributed by atoms with Crippen molar-refractivity contribution in [1.82, 2.24) is 10.2 Å². The van der Waals surface area contributed by atoms with Crippen LogP contribution in [0.3, 0.4) is 0 Å². The summed E-state index contributed by atoms with van der Waals surface area (Å²) in [5.74, 6) is 0.0757. The zero-order valence-corrected chi connectivity index (χ0v) is 8.64. The number of aliphatic hydroxyl groups excluding tert-OH is 1. The Labute approximate surface area is 91.2 Å². The van der Waals surface area contributed by atoms with Crippen LogP contribution in [0.5, 0.6) is 0 Å². The molecule has 0 aliphatic rings. The first-order chi connectivity index (χ1) is 7.66. The minimum Gasteiger partial charge on any atom is -0.391 e. The Hall–Kier alpha value is -1.87. The van der Waals surface area contributed by atoms with Gasteiger partial charge in [-0.25, -0.2) is 0 Å². The molecule has 0 aliphatic heterocycles. The lowest BCUT2D eigenvalue weighted by Gasteiger charge is -2.01. The number of quaternary nitrogens is 1. The minimum atomic E-state index is -0.585. The number of anilines is 2. The second-order valence-corrected chi connectivity index (χ2v) is 3.11. The number of nitrogen functional groups attached to an aromatic ring is 1. The lowest BCUT2D eigenvalue weighted by Crippen LogP contribution is -2.86. The van der Waals surface area contributed by atoms with E-state index in [2.05, 4.69) is 15.5 Å². The Kier molecular flexibility index (Phi) is 4.48. The highest BCUT2D eigenvalue weighted by atomic mass is 16.6. The molecule has 0 aromatic carbocycles. The second-order valence-electron chi connectivity index (χ2n) is 3.11. The molecule has 9 heteroatoms. The fourth-order valence-electron chi connectivity index (χ4n) is 1.19. The number of hydrogen-bond acceptors (Lipinski definition) is 6. The fraction of sp³-hybridized carbons (Fsp3) is 0.571. The standard InChI is InChI=1S/C7H14N6O3/c8-6-5(13(15)16)7(12-11-6)10-2-1-9-3-4-14/h9,14H,1-4H2,(H4,8,10,11,12)/p+1. The molecule has 0 fully saturated rings. The highest BCUT2D eigenvalue weighted by Gasteiger charge is 2.21. The summed E-state index contributed by atoms with van der Waals surface area (Å²) in [4.78, 5) is 10.0. The van der Waals surface area contributed by atoms with Crippen molar-refractivity contribution in [3.05, 3.63) is 10.1 Å². The average molecular weight is 231 g/mol. The maximum atomic E-state index is 10.6. The van der Waals surface area contributed by atoms with E-state index in [1.807, 2.05) is 5.32 Å². The van der Waals surface area contributed by atoms with Crippen LogP contribution in [0.2, 0.25) is 0 Å². The topological polar surface area (TPSA) is 147 Å². The molecular weight excluding hydrogens is 216 g/mol. The third-order valence-corrected chi connectivity index (χ3v) is 1.92. The average Bonchev–Trinajstić information content (AvgIpc) is 2.59. The van der Waals surface area contributed by atoms with Crippen molar-refractivity contribution in [3.63, 3.8) is 0 Å². The van der Waals surface area contributed by atoms with Crippen LogP contribution in [0.4, 0.5) is 17.3 Å². The number of nitrogens with two attached hydrogens (primary N) is 2. The van der Waals surface area contributed by atoms with Gasteiger partial charge >= 0.3 is 5.69 Å². The van der Waals surface area contributed by atoms with Gasteiger partial charge in [-0.2, -0.15) is 0 Å². The number of H-pyrrole nitrogens is 1. The van der Waals surface area contributed by atoms with E-state index < -0.39 is 4.92 Å². The van der Waals surface area contributed by atoms with E-state index in [4.69, 9.17) is 10.8 Å². The molecule has 0 saturated heterocycles. The van der Waals surface area contributed by atoms with Crippen LogP contribution in [0, 0.1) is 10.1 Å². The Balaban J connectivity index is 2.45. The Morgan fingerprint density at radius 1 is 1.62 bits per heavy atom.